The van der Waals surface area contributed by atoms with Gasteiger partial charge in [-0.15, -0.1) is 11.3 Å². The zero-order chi connectivity index (χ0) is 11.8. The summed E-state index contributed by atoms with van der Waals surface area (Å²) in [7, 11) is 0. The molecular formula is C16H14S. The second-order valence-corrected chi connectivity index (χ2v) is 5.40. The van der Waals surface area contributed by atoms with Crippen molar-refractivity contribution < 1.29 is 0 Å². The van der Waals surface area contributed by atoms with E-state index < -0.39 is 0 Å². The minimum atomic E-state index is 1.03. The van der Waals surface area contributed by atoms with Crippen LogP contribution in [0.3, 0.4) is 0 Å². The average Bonchev–Trinajstić information content (AvgIpc) is 2.73. The molecule has 0 unspecified atom stereocenters. The summed E-state index contributed by atoms with van der Waals surface area (Å²) in [5.41, 5.74) is 6.72. The molecular weight excluding hydrogens is 224 g/mol. The maximum absolute atomic E-state index is 4.15. The Hall–Kier alpha value is -1.60. The number of rotatable bonds is 2. The quantitative estimate of drug-likeness (QED) is 0.696. The van der Waals surface area contributed by atoms with E-state index in [1.807, 2.05) is 11.3 Å². The largest absolute Gasteiger partial charge is 0.144 e. The maximum atomic E-state index is 4.15. The van der Waals surface area contributed by atoms with Crippen LogP contribution in [0.25, 0.3) is 11.1 Å². The van der Waals surface area contributed by atoms with Crippen LogP contribution in [-0.4, -0.2) is 0 Å². The average molecular weight is 238 g/mol. The number of aryl methyl sites for hydroxylation is 1. The van der Waals surface area contributed by atoms with Crippen LogP contribution >= 0.6 is 11.3 Å². The fourth-order valence-corrected chi connectivity index (χ4v) is 3.23. The van der Waals surface area contributed by atoms with E-state index >= 15 is 0 Å². The molecule has 1 aromatic heterocycles. The molecule has 0 spiro atoms. The molecule has 0 bridgehead atoms. The van der Waals surface area contributed by atoms with E-state index in [4.69, 9.17) is 0 Å². The summed E-state index contributed by atoms with van der Waals surface area (Å²) >= 11 is 1.83. The second-order valence-electron chi connectivity index (χ2n) is 4.49. The molecule has 2 aromatic rings. The fourth-order valence-electron chi connectivity index (χ4n) is 2.28. The van der Waals surface area contributed by atoms with E-state index in [2.05, 4.69) is 55.3 Å². The van der Waals surface area contributed by atoms with Crippen molar-refractivity contribution in [3.8, 4) is 0 Å². The summed E-state index contributed by atoms with van der Waals surface area (Å²) < 4.78 is 0. The van der Waals surface area contributed by atoms with Crippen molar-refractivity contribution >= 4 is 22.5 Å². The van der Waals surface area contributed by atoms with Gasteiger partial charge in [0.25, 0.3) is 0 Å². The molecule has 1 aliphatic rings. The van der Waals surface area contributed by atoms with Crippen molar-refractivity contribution in [3.05, 3.63) is 69.9 Å². The van der Waals surface area contributed by atoms with Gasteiger partial charge in [-0.3, -0.25) is 0 Å². The molecule has 0 aliphatic heterocycles. The van der Waals surface area contributed by atoms with Gasteiger partial charge in [0.1, 0.15) is 0 Å². The van der Waals surface area contributed by atoms with Crippen LogP contribution in [0.5, 0.6) is 0 Å². The Morgan fingerprint density at radius 3 is 2.53 bits per heavy atom. The van der Waals surface area contributed by atoms with Crippen LogP contribution in [0.2, 0.25) is 0 Å². The van der Waals surface area contributed by atoms with Gasteiger partial charge < -0.3 is 0 Å². The third kappa shape index (κ3) is 1.77. The van der Waals surface area contributed by atoms with Crippen LogP contribution in [0, 0.1) is 6.92 Å². The van der Waals surface area contributed by atoms with Gasteiger partial charge in [0.05, 0.1) is 0 Å². The monoisotopic (exact) mass is 238 g/mol. The van der Waals surface area contributed by atoms with E-state index in [0.717, 1.165) is 6.42 Å². The Bertz CT molecular complexity index is 599. The molecule has 0 amide bonds. The highest BCUT2D eigenvalue weighted by molar-refractivity contribution is 7.11. The van der Waals surface area contributed by atoms with Gasteiger partial charge >= 0.3 is 0 Å². The molecule has 0 saturated heterocycles. The molecule has 0 saturated carbocycles. The summed E-state index contributed by atoms with van der Waals surface area (Å²) in [5, 5.41) is 2.21. The lowest BCUT2D eigenvalue weighted by molar-refractivity contribution is 1.25. The van der Waals surface area contributed by atoms with Gasteiger partial charge in [0.2, 0.25) is 0 Å². The van der Waals surface area contributed by atoms with Crippen LogP contribution in [0.1, 0.15) is 22.4 Å². The van der Waals surface area contributed by atoms with Gasteiger partial charge in [-0.1, -0.05) is 36.9 Å². The van der Waals surface area contributed by atoms with Gasteiger partial charge in [-0.05, 0) is 52.6 Å². The van der Waals surface area contributed by atoms with Crippen molar-refractivity contribution in [1.29, 1.82) is 0 Å². The van der Waals surface area contributed by atoms with Crippen LogP contribution < -0.4 is 0 Å². The summed E-state index contributed by atoms with van der Waals surface area (Å²) in [4.78, 5) is 1.40. The molecule has 1 heteroatoms. The third-order valence-electron chi connectivity index (χ3n) is 3.14. The molecule has 1 heterocycles. The number of allylic oxidation sites excluding steroid dienone is 3. The molecule has 0 N–H and O–H groups in total. The Kier molecular flexibility index (Phi) is 2.49. The van der Waals surface area contributed by atoms with Crippen molar-refractivity contribution in [2.24, 2.45) is 0 Å². The zero-order valence-electron chi connectivity index (χ0n) is 9.86. The molecule has 0 fully saturated rings. The zero-order valence-corrected chi connectivity index (χ0v) is 10.7. The Labute approximate surface area is 106 Å². The number of benzene rings is 1. The first-order valence-electron chi connectivity index (χ1n) is 5.78. The van der Waals surface area contributed by atoms with Crippen LogP contribution in [-0.2, 0) is 0 Å². The lowest BCUT2D eigenvalue weighted by atomic mass is 9.79. The highest BCUT2D eigenvalue weighted by atomic mass is 32.1. The molecule has 84 valence electrons. The fraction of sp³-hybridized carbons (Fsp3) is 0.125. The third-order valence-corrected chi connectivity index (χ3v) is 4.24. The molecule has 1 aliphatic carbocycles. The van der Waals surface area contributed by atoms with Gasteiger partial charge in [-0.25, -0.2) is 0 Å². The number of hydrogen-bond acceptors (Lipinski definition) is 1. The van der Waals surface area contributed by atoms with Gasteiger partial charge in [0.15, 0.2) is 0 Å². The minimum Gasteiger partial charge on any atom is -0.144 e. The Balaban J connectivity index is 2.10. The van der Waals surface area contributed by atoms with Crippen molar-refractivity contribution in [3.63, 3.8) is 0 Å². The van der Waals surface area contributed by atoms with E-state index in [9.17, 15) is 0 Å². The first-order valence-corrected chi connectivity index (χ1v) is 6.66. The van der Waals surface area contributed by atoms with E-state index in [1.54, 1.807) is 0 Å². The highest BCUT2D eigenvalue weighted by Gasteiger charge is 2.24. The normalized spacial score (nSPS) is 15.0. The number of hydrogen-bond donors (Lipinski definition) is 0. The van der Waals surface area contributed by atoms with Crippen LogP contribution in [0.15, 0.2) is 53.9 Å². The van der Waals surface area contributed by atoms with Crippen molar-refractivity contribution in [2.75, 3.05) is 0 Å². The second kappa shape index (κ2) is 4.01. The van der Waals surface area contributed by atoms with Crippen molar-refractivity contribution in [2.45, 2.75) is 13.3 Å². The topological polar surface area (TPSA) is 0 Å². The van der Waals surface area contributed by atoms with Gasteiger partial charge in [0, 0.05) is 4.88 Å². The van der Waals surface area contributed by atoms with E-state index in [1.165, 1.54) is 32.7 Å². The lowest BCUT2D eigenvalue weighted by Gasteiger charge is -2.26. The van der Waals surface area contributed by atoms with E-state index in [0.29, 0.717) is 0 Å². The molecule has 1 aromatic carbocycles. The lowest BCUT2D eigenvalue weighted by Crippen LogP contribution is -2.04. The summed E-state index contributed by atoms with van der Waals surface area (Å²) in [6, 6.07) is 12.8. The molecule has 17 heavy (non-hydrogen) atoms. The SMILES string of the molecule is C=C1CC(c2cc(C)cs2)=C1c1ccccc1. The Morgan fingerprint density at radius 1 is 1.18 bits per heavy atom. The molecule has 3 rings (SSSR count). The molecule has 0 atom stereocenters. The molecule has 0 nitrogen and oxygen atoms in total. The first-order chi connectivity index (χ1) is 8.25. The molecule has 0 radical (unpaired) electrons. The Morgan fingerprint density at radius 2 is 1.94 bits per heavy atom. The van der Waals surface area contributed by atoms with E-state index in [-0.39, 0.29) is 0 Å². The summed E-state index contributed by atoms with van der Waals surface area (Å²) in [6.07, 6.45) is 1.03. The maximum Gasteiger partial charge on any atom is 0.0314 e. The smallest absolute Gasteiger partial charge is 0.0314 e. The standard InChI is InChI=1S/C16H14S/c1-11-8-15(17-10-11)14-9-12(2)16(14)13-6-4-3-5-7-13/h3-8,10H,2,9H2,1H3. The van der Waals surface area contributed by atoms with Gasteiger partial charge in [-0.2, -0.15) is 0 Å². The van der Waals surface area contributed by atoms with Crippen LogP contribution in [0.4, 0.5) is 0 Å². The summed E-state index contributed by atoms with van der Waals surface area (Å²) in [5.74, 6) is 0. The van der Waals surface area contributed by atoms with Crippen molar-refractivity contribution in [1.82, 2.24) is 0 Å². The highest BCUT2D eigenvalue weighted by Crippen LogP contribution is 2.47. The number of thiophene rings is 1. The summed E-state index contributed by atoms with van der Waals surface area (Å²) in [6.45, 7) is 6.30. The predicted octanol–water partition coefficient (Wildman–Crippen LogP) is 4.93. The predicted molar refractivity (Wildman–Crippen MR) is 76.1 cm³/mol. The minimum absolute atomic E-state index is 1.03. The first kappa shape index (κ1) is 10.5.